The third-order valence-electron chi connectivity index (χ3n) is 12.6. The largest absolute Gasteiger partial charge is 0.496 e. The van der Waals surface area contributed by atoms with Gasteiger partial charge >= 0.3 is 0 Å². The molecule has 2 amide bonds. The summed E-state index contributed by atoms with van der Waals surface area (Å²) in [4.78, 5) is 38.2. The van der Waals surface area contributed by atoms with Crippen LogP contribution in [0.1, 0.15) is 68.4 Å². The fourth-order valence-electron chi connectivity index (χ4n) is 9.22. The smallest absolute Gasteiger partial charge is 0.253 e. The lowest BCUT2D eigenvalue weighted by Gasteiger charge is -2.62. The quantitative estimate of drug-likeness (QED) is 0.211. The molecule has 4 aliphatic rings. The average molecular weight is 711 g/mol. The van der Waals surface area contributed by atoms with Crippen LogP contribution < -0.4 is 15.0 Å². The minimum atomic E-state index is -0.554. The molecule has 1 heterocycles. The molecule has 280 valence electrons. The Labute approximate surface area is 310 Å². The van der Waals surface area contributed by atoms with Crippen molar-refractivity contribution in [2.45, 2.75) is 78.1 Å². The number of hydrogen-bond acceptors (Lipinski definition) is 7. The first kappa shape index (κ1) is 37.8. The van der Waals surface area contributed by atoms with E-state index in [2.05, 4.69) is 51.2 Å². The van der Waals surface area contributed by atoms with E-state index in [-0.39, 0.29) is 30.4 Å². The van der Waals surface area contributed by atoms with Crippen molar-refractivity contribution in [3.05, 3.63) is 83.4 Å². The van der Waals surface area contributed by atoms with Crippen molar-refractivity contribution in [1.29, 1.82) is 0 Å². The SMILES string of the molecule is CC[C@H]1[C@H](CO)ON(Cc2cccc(-c3cc(C(=O)N(C)CCc4ccccc4)cc(N(C)C)c3)c2OC)[C@@H]1C(=O)N[C@H]1C[C@H]2C[C@@H]([C@@H]1C)C2(C)C. The number of aliphatic hydroxyl groups excluding tert-OH is 1. The van der Waals surface area contributed by atoms with Gasteiger partial charge in [-0.3, -0.25) is 14.4 Å². The monoisotopic (exact) mass is 710 g/mol. The Balaban J connectivity index is 1.26. The first-order chi connectivity index (χ1) is 24.9. The molecule has 2 N–H and O–H groups in total. The number of likely N-dealkylation sites (N-methyl/N-ethyl adjacent to an activating group) is 1. The van der Waals surface area contributed by atoms with Crippen molar-refractivity contribution < 1.29 is 24.3 Å². The van der Waals surface area contributed by atoms with E-state index in [0.717, 1.165) is 35.2 Å². The average Bonchev–Trinajstić information content (AvgIpc) is 3.51. The van der Waals surface area contributed by atoms with Gasteiger partial charge in [0.15, 0.2) is 0 Å². The van der Waals surface area contributed by atoms with Gasteiger partial charge in [0.1, 0.15) is 17.9 Å². The van der Waals surface area contributed by atoms with Gasteiger partial charge in [-0.05, 0) is 78.2 Å². The van der Waals surface area contributed by atoms with Gasteiger partial charge in [-0.1, -0.05) is 76.2 Å². The van der Waals surface area contributed by atoms with E-state index in [1.807, 2.05) is 74.6 Å². The third-order valence-corrected chi connectivity index (χ3v) is 12.6. The first-order valence-electron chi connectivity index (χ1n) is 19.0. The number of anilines is 1. The van der Waals surface area contributed by atoms with Gasteiger partial charge < -0.3 is 25.0 Å². The van der Waals surface area contributed by atoms with Crippen LogP contribution in [0.25, 0.3) is 11.1 Å². The summed E-state index contributed by atoms with van der Waals surface area (Å²) in [5.74, 6) is 2.06. The number of carbonyl (C=O) groups excluding carboxylic acids is 2. The summed E-state index contributed by atoms with van der Waals surface area (Å²) < 4.78 is 6.11. The number of hydrogen-bond donors (Lipinski definition) is 2. The van der Waals surface area contributed by atoms with E-state index < -0.39 is 12.1 Å². The Bertz CT molecular complexity index is 1730. The number of benzene rings is 3. The highest BCUT2D eigenvalue weighted by Crippen LogP contribution is 2.61. The Morgan fingerprint density at radius 2 is 1.79 bits per heavy atom. The number of fused-ring (bicyclic) bond motifs is 2. The van der Waals surface area contributed by atoms with Gasteiger partial charge in [-0.25, -0.2) is 0 Å². The second-order valence-corrected chi connectivity index (χ2v) is 16.1. The molecule has 9 nitrogen and oxygen atoms in total. The van der Waals surface area contributed by atoms with E-state index >= 15 is 0 Å². The Morgan fingerprint density at radius 3 is 2.42 bits per heavy atom. The minimum absolute atomic E-state index is 0.0351. The Hall–Kier alpha value is -3.92. The molecule has 2 bridgehead atoms. The van der Waals surface area contributed by atoms with Crippen LogP contribution in [-0.4, -0.2) is 86.5 Å². The number of carbonyl (C=O) groups is 2. The Kier molecular flexibility index (Phi) is 11.3. The summed E-state index contributed by atoms with van der Waals surface area (Å²) in [5.41, 5.74) is 5.56. The second kappa shape index (κ2) is 15.6. The highest BCUT2D eigenvalue weighted by molar-refractivity contribution is 5.97. The predicted octanol–water partition coefficient (Wildman–Crippen LogP) is 6.43. The predicted molar refractivity (Wildman–Crippen MR) is 206 cm³/mol. The number of rotatable bonds is 13. The molecule has 0 aromatic heterocycles. The normalized spacial score (nSPS) is 26.4. The number of amides is 2. The lowest BCUT2D eigenvalue weighted by molar-refractivity contribution is -0.183. The highest BCUT2D eigenvalue weighted by Gasteiger charge is 2.57. The van der Waals surface area contributed by atoms with Crippen molar-refractivity contribution in [1.82, 2.24) is 15.3 Å². The number of para-hydroxylation sites is 1. The molecule has 7 atom stereocenters. The molecule has 0 unspecified atom stereocenters. The van der Waals surface area contributed by atoms with E-state index in [4.69, 9.17) is 9.57 Å². The summed E-state index contributed by atoms with van der Waals surface area (Å²) in [6.45, 7) is 9.80. The molecule has 0 radical (unpaired) electrons. The number of methoxy groups -OCH3 is 1. The molecule has 3 aliphatic carbocycles. The van der Waals surface area contributed by atoms with Crippen molar-refractivity contribution >= 4 is 17.5 Å². The van der Waals surface area contributed by atoms with Gasteiger partial charge in [0.05, 0.1) is 20.3 Å². The maximum Gasteiger partial charge on any atom is 0.253 e. The molecule has 9 heteroatoms. The summed E-state index contributed by atoms with van der Waals surface area (Å²) in [6.07, 6.45) is 3.24. The van der Waals surface area contributed by atoms with Crippen LogP contribution in [0.2, 0.25) is 0 Å². The van der Waals surface area contributed by atoms with Crippen LogP contribution in [0.15, 0.2) is 66.7 Å². The first-order valence-corrected chi connectivity index (χ1v) is 19.0. The molecular weight excluding hydrogens is 652 g/mol. The number of ether oxygens (including phenoxy) is 1. The second-order valence-electron chi connectivity index (χ2n) is 16.1. The molecule has 52 heavy (non-hydrogen) atoms. The molecule has 1 saturated heterocycles. The number of nitrogens with one attached hydrogen (secondary N) is 1. The topological polar surface area (TPSA) is 94.6 Å². The molecule has 7 rings (SSSR count). The molecule has 0 spiro atoms. The fraction of sp³-hybridized carbons (Fsp3) is 0.535. The molecule has 3 aromatic carbocycles. The maximum absolute atomic E-state index is 14.2. The molecular formula is C43H58N4O5. The molecule has 3 aromatic rings. The van der Waals surface area contributed by atoms with Crippen LogP contribution in [-0.2, 0) is 22.6 Å². The zero-order chi connectivity index (χ0) is 37.3. The maximum atomic E-state index is 14.2. The third kappa shape index (κ3) is 7.32. The van der Waals surface area contributed by atoms with Crippen LogP contribution in [0.3, 0.4) is 0 Å². The van der Waals surface area contributed by atoms with Gasteiger partial charge in [0.2, 0.25) is 5.91 Å². The highest BCUT2D eigenvalue weighted by atomic mass is 16.7. The van der Waals surface area contributed by atoms with Gasteiger partial charge in [-0.2, -0.15) is 5.06 Å². The zero-order valence-corrected chi connectivity index (χ0v) is 32.3. The van der Waals surface area contributed by atoms with Crippen molar-refractivity contribution in [2.75, 3.05) is 46.3 Å². The van der Waals surface area contributed by atoms with Crippen molar-refractivity contribution in [3.8, 4) is 16.9 Å². The van der Waals surface area contributed by atoms with Crippen LogP contribution >= 0.6 is 0 Å². The standard InChI is InChI=1S/C43H58N4O5/c1-9-34-38(26-48)52-47(39(34)41(49)44-37-24-32-23-36(27(37)2)43(32,3)4)25-29-16-13-17-35(40(29)51-8)30-20-31(22-33(21-30)45(5)6)42(50)46(7)19-18-28-14-11-10-12-15-28/h10-17,20-22,27,32,34,36-39,48H,9,18-19,23-26H2,1-8H3,(H,44,49)/t27-,32+,34-,36-,37-,38-,39-/m0/s1. The van der Waals surface area contributed by atoms with E-state index in [1.54, 1.807) is 17.1 Å². The lowest BCUT2D eigenvalue weighted by atomic mass is 9.45. The number of hydroxylamine groups is 2. The molecule has 4 fully saturated rings. The van der Waals surface area contributed by atoms with Gasteiger partial charge in [-0.15, -0.1) is 0 Å². The van der Waals surface area contributed by atoms with Gasteiger partial charge in [0, 0.05) is 62.0 Å². The fourth-order valence-corrected chi connectivity index (χ4v) is 9.22. The van der Waals surface area contributed by atoms with E-state index in [0.29, 0.717) is 54.0 Å². The van der Waals surface area contributed by atoms with Crippen LogP contribution in [0.4, 0.5) is 5.69 Å². The van der Waals surface area contributed by atoms with Crippen molar-refractivity contribution in [3.63, 3.8) is 0 Å². The zero-order valence-electron chi connectivity index (χ0n) is 32.3. The van der Waals surface area contributed by atoms with Crippen LogP contribution in [0, 0.1) is 29.1 Å². The summed E-state index contributed by atoms with van der Waals surface area (Å²) in [6, 6.07) is 21.7. The molecule has 3 saturated carbocycles. The summed E-state index contributed by atoms with van der Waals surface area (Å²) in [5, 5.41) is 15.5. The number of nitrogens with zero attached hydrogens (tertiary/aromatic N) is 3. The van der Waals surface area contributed by atoms with Crippen molar-refractivity contribution in [2.24, 2.45) is 29.1 Å². The van der Waals surface area contributed by atoms with Gasteiger partial charge in [0.25, 0.3) is 5.91 Å². The van der Waals surface area contributed by atoms with E-state index in [1.165, 1.54) is 12.0 Å². The van der Waals surface area contributed by atoms with Crippen LogP contribution in [0.5, 0.6) is 5.75 Å². The minimum Gasteiger partial charge on any atom is -0.496 e. The Morgan fingerprint density at radius 1 is 1.04 bits per heavy atom. The molecule has 1 aliphatic heterocycles. The summed E-state index contributed by atoms with van der Waals surface area (Å²) in [7, 11) is 7.43. The van der Waals surface area contributed by atoms with E-state index in [9.17, 15) is 14.7 Å². The summed E-state index contributed by atoms with van der Waals surface area (Å²) >= 11 is 0. The lowest BCUT2D eigenvalue weighted by Crippen LogP contribution is -2.62. The number of aliphatic hydroxyl groups is 1.